The molecule has 0 spiro atoms. The third-order valence-corrected chi connectivity index (χ3v) is 6.48. The summed E-state index contributed by atoms with van der Waals surface area (Å²) in [6.45, 7) is 1.71. The van der Waals surface area contributed by atoms with E-state index in [-0.39, 0.29) is 22.2 Å². The lowest BCUT2D eigenvalue weighted by Gasteiger charge is -2.14. The Morgan fingerprint density at radius 3 is 2.28 bits per heavy atom. The Balaban J connectivity index is 1.86. The molecule has 10 nitrogen and oxygen atoms in total. The number of rotatable bonds is 6. The first-order chi connectivity index (χ1) is 15.1. The molecule has 0 radical (unpaired) electrons. The number of hydrogen-bond donors (Lipinski definition) is 1. The van der Waals surface area contributed by atoms with Crippen LogP contribution in [0, 0.1) is 6.92 Å². The third kappa shape index (κ3) is 3.71. The van der Waals surface area contributed by atoms with E-state index in [9.17, 15) is 13.2 Å². The molecule has 0 unspecified atom stereocenters. The molecule has 0 atom stereocenters. The maximum Gasteiger partial charge on any atom is 0.328 e. The predicted molar refractivity (Wildman–Crippen MR) is 120 cm³/mol. The van der Waals surface area contributed by atoms with Crippen molar-refractivity contribution in [3.8, 4) is 17.2 Å². The summed E-state index contributed by atoms with van der Waals surface area (Å²) in [5.74, 6) is 1.81. The number of methoxy groups -OCH3 is 1. The highest BCUT2D eigenvalue weighted by Crippen LogP contribution is 2.35. The molecule has 0 saturated carbocycles. The normalized spacial score (nSPS) is 11.7. The zero-order chi connectivity index (χ0) is 23.2. The quantitative estimate of drug-likeness (QED) is 0.477. The second kappa shape index (κ2) is 7.75. The number of aromatic nitrogens is 4. The largest absolute Gasteiger partial charge is 0.497 e. The molecule has 168 valence electrons. The van der Waals surface area contributed by atoms with Crippen molar-refractivity contribution in [1.82, 2.24) is 18.7 Å². The molecule has 0 amide bonds. The minimum atomic E-state index is -4.01. The van der Waals surface area contributed by atoms with Crippen molar-refractivity contribution >= 4 is 26.7 Å². The lowest BCUT2D eigenvalue weighted by molar-refractivity contribution is 0.409. The SMILES string of the molecule is COc1cccc(Oc2cc3c(cc2NS(=O)(=O)c2cn(C)c(C)n2)n(C)c(=O)n3C)c1. The van der Waals surface area contributed by atoms with Crippen LogP contribution in [-0.4, -0.2) is 34.2 Å². The molecule has 2 aromatic carbocycles. The zero-order valence-corrected chi connectivity index (χ0v) is 19.1. The van der Waals surface area contributed by atoms with Crippen molar-refractivity contribution in [2.45, 2.75) is 11.9 Å². The highest BCUT2D eigenvalue weighted by atomic mass is 32.2. The van der Waals surface area contributed by atoms with Gasteiger partial charge in [-0.2, -0.15) is 8.42 Å². The summed E-state index contributed by atoms with van der Waals surface area (Å²) in [5, 5.41) is -0.119. The first-order valence-electron chi connectivity index (χ1n) is 9.65. The van der Waals surface area contributed by atoms with Crippen LogP contribution >= 0.6 is 0 Å². The number of benzene rings is 2. The van der Waals surface area contributed by atoms with Gasteiger partial charge in [0, 0.05) is 39.5 Å². The minimum absolute atomic E-state index is 0.119. The number of nitrogens with one attached hydrogen (secondary N) is 1. The van der Waals surface area contributed by atoms with E-state index in [2.05, 4.69) is 9.71 Å². The van der Waals surface area contributed by atoms with Gasteiger partial charge in [0.2, 0.25) is 0 Å². The van der Waals surface area contributed by atoms with Crippen LogP contribution < -0.4 is 19.9 Å². The fraction of sp³-hybridized carbons (Fsp3) is 0.238. The number of sulfonamides is 1. The first-order valence-corrected chi connectivity index (χ1v) is 11.1. The summed E-state index contributed by atoms with van der Waals surface area (Å²) >= 11 is 0. The van der Waals surface area contributed by atoms with Gasteiger partial charge < -0.3 is 14.0 Å². The van der Waals surface area contributed by atoms with Crippen molar-refractivity contribution in [2.75, 3.05) is 11.8 Å². The highest BCUT2D eigenvalue weighted by molar-refractivity contribution is 7.92. The first kappa shape index (κ1) is 21.5. The van der Waals surface area contributed by atoms with Crippen LogP contribution in [0.15, 0.2) is 52.4 Å². The van der Waals surface area contributed by atoms with Crippen molar-refractivity contribution < 1.29 is 17.9 Å². The number of imidazole rings is 2. The number of aryl methyl sites for hydroxylation is 4. The van der Waals surface area contributed by atoms with Gasteiger partial charge in [-0.3, -0.25) is 13.9 Å². The van der Waals surface area contributed by atoms with Crippen molar-refractivity contribution in [3.05, 3.63) is 58.9 Å². The van der Waals surface area contributed by atoms with E-state index in [0.29, 0.717) is 28.4 Å². The average molecular weight is 458 g/mol. The number of anilines is 1. The molecule has 0 aliphatic rings. The lowest BCUT2D eigenvalue weighted by atomic mass is 10.2. The lowest BCUT2D eigenvalue weighted by Crippen LogP contribution is -2.19. The van der Waals surface area contributed by atoms with Crippen LogP contribution in [-0.2, 0) is 31.2 Å². The van der Waals surface area contributed by atoms with Gasteiger partial charge in [-0.15, -0.1) is 0 Å². The molecule has 0 aliphatic carbocycles. The smallest absolute Gasteiger partial charge is 0.328 e. The standard InChI is InChI=1S/C21H23N5O5S/c1-13-22-20(12-24(13)2)32(28,29)23-16-10-17-18(26(4)21(27)25(17)3)11-19(16)31-15-8-6-7-14(9-15)30-5/h6-12,23H,1-5H3. The molecule has 4 aromatic rings. The Morgan fingerprint density at radius 2 is 1.66 bits per heavy atom. The van der Waals surface area contributed by atoms with Crippen LogP contribution in [0.3, 0.4) is 0 Å². The van der Waals surface area contributed by atoms with Gasteiger partial charge in [-0.1, -0.05) is 6.07 Å². The molecule has 4 rings (SSSR count). The Hall–Kier alpha value is -3.73. The number of nitrogens with zero attached hydrogens (tertiary/aromatic N) is 4. The van der Waals surface area contributed by atoms with Gasteiger partial charge in [0.15, 0.2) is 10.8 Å². The monoisotopic (exact) mass is 457 g/mol. The molecule has 0 fully saturated rings. The van der Waals surface area contributed by atoms with Gasteiger partial charge in [-0.05, 0) is 25.1 Å². The van der Waals surface area contributed by atoms with Crippen LogP contribution in [0.4, 0.5) is 5.69 Å². The molecule has 2 heterocycles. The van der Waals surface area contributed by atoms with E-state index < -0.39 is 10.0 Å². The molecule has 2 aromatic heterocycles. The van der Waals surface area contributed by atoms with Gasteiger partial charge in [0.05, 0.1) is 23.8 Å². The summed E-state index contributed by atoms with van der Waals surface area (Å²) in [6, 6.07) is 10.1. The summed E-state index contributed by atoms with van der Waals surface area (Å²) in [5.41, 5.74) is 1.06. The molecular weight excluding hydrogens is 434 g/mol. The summed E-state index contributed by atoms with van der Waals surface area (Å²) < 4.78 is 44.4. The topological polar surface area (TPSA) is 109 Å². The fourth-order valence-corrected chi connectivity index (χ4v) is 4.44. The molecule has 32 heavy (non-hydrogen) atoms. The summed E-state index contributed by atoms with van der Waals surface area (Å²) in [4.78, 5) is 16.5. The van der Waals surface area contributed by atoms with Crippen LogP contribution in [0.25, 0.3) is 11.0 Å². The fourth-order valence-electron chi connectivity index (χ4n) is 3.33. The minimum Gasteiger partial charge on any atom is -0.497 e. The van der Waals surface area contributed by atoms with Crippen molar-refractivity contribution in [1.29, 1.82) is 0 Å². The van der Waals surface area contributed by atoms with Gasteiger partial charge in [0.1, 0.15) is 17.3 Å². The van der Waals surface area contributed by atoms with E-state index in [4.69, 9.17) is 9.47 Å². The summed E-state index contributed by atoms with van der Waals surface area (Å²) in [7, 11) is 2.50. The third-order valence-electron chi connectivity index (χ3n) is 5.25. The van der Waals surface area contributed by atoms with E-state index in [1.807, 2.05) is 0 Å². The second-order valence-corrected chi connectivity index (χ2v) is 8.99. The number of hydrogen-bond acceptors (Lipinski definition) is 6. The van der Waals surface area contributed by atoms with Gasteiger partial charge >= 0.3 is 5.69 Å². The van der Waals surface area contributed by atoms with E-state index in [1.54, 1.807) is 76.1 Å². The molecule has 11 heteroatoms. The summed E-state index contributed by atoms with van der Waals surface area (Å²) in [6.07, 6.45) is 1.43. The number of ether oxygens (including phenoxy) is 2. The number of fused-ring (bicyclic) bond motifs is 1. The van der Waals surface area contributed by atoms with Gasteiger partial charge in [0.25, 0.3) is 10.0 Å². The second-order valence-electron chi connectivity index (χ2n) is 7.36. The van der Waals surface area contributed by atoms with Crippen molar-refractivity contribution in [2.24, 2.45) is 21.1 Å². The molecule has 0 bridgehead atoms. The molecule has 1 N–H and O–H groups in total. The molecule has 0 aliphatic heterocycles. The van der Waals surface area contributed by atoms with E-state index in [1.165, 1.54) is 15.3 Å². The Morgan fingerprint density at radius 1 is 1.00 bits per heavy atom. The van der Waals surface area contributed by atoms with Crippen LogP contribution in [0.5, 0.6) is 17.2 Å². The maximum absolute atomic E-state index is 13.0. The average Bonchev–Trinajstić information content (AvgIpc) is 3.21. The van der Waals surface area contributed by atoms with Crippen LogP contribution in [0.1, 0.15) is 5.82 Å². The molecular formula is C21H23N5O5S. The Kier molecular flexibility index (Phi) is 5.21. The predicted octanol–water partition coefficient (Wildman–Crippen LogP) is 2.52. The van der Waals surface area contributed by atoms with E-state index in [0.717, 1.165) is 0 Å². The molecule has 0 saturated heterocycles. The van der Waals surface area contributed by atoms with Crippen molar-refractivity contribution in [3.63, 3.8) is 0 Å². The Bertz CT molecular complexity index is 1480. The van der Waals surface area contributed by atoms with E-state index >= 15 is 0 Å². The Labute approximate surface area is 184 Å². The maximum atomic E-state index is 13.0. The zero-order valence-electron chi connectivity index (χ0n) is 18.3. The highest BCUT2D eigenvalue weighted by Gasteiger charge is 2.23. The van der Waals surface area contributed by atoms with Gasteiger partial charge in [-0.25, -0.2) is 9.78 Å². The van der Waals surface area contributed by atoms with Crippen LogP contribution in [0.2, 0.25) is 0 Å².